The van der Waals surface area contributed by atoms with Crippen molar-refractivity contribution in [2.45, 2.75) is 25.4 Å². The van der Waals surface area contributed by atoms with Gasteiger partial charge in [-0.25, -0.2) is 0 Å². The van der Waals surface area contributed by atoms with Gasteiger partial charge in [0.25, 0.3) is 0 Å². The summed E-state index contributed by atoms with van der Waals surface area (Å²) in [6.07, 6.45) is 2.37. The first-order valence-corrected chi connectivity index (χ1v) is 6.15. The molecule has 14 heavy (non-hydrogen) atoms. The Hall–Kier alpha value is -0.0900. The summed E-state index contributed by atoms with van der Waals surface area (Å²) in [5.74, 6) is 0. The van der Waals surface area contributed by atoms with Crippen LogP contribution in [0.3, 0.4) is 0 Å². The Balaban J connectivity index is 1.79. The number of rotatable bonds is 3. The molecule has 0 saturated carbocycles. The summed E-state index contributed by atoms with van der Waals surface area (Å²) in [6.45, 7) is 2.62. The zero-order chi connectivity index (χ0) is 9.80. The van der Waals surface area contributed by atoms with E-state index < -0.39 is 0 Å². The van der Waals surface area contributed by atoms with Crippen molar-refractivity contribution in [3.8, 4) is 0 Å². The van der Waals surface area contributed by atoms with Crippen LogP contribution in [-0.2, 0) is 11.3 Å². The Bertz CT molecular complexity index is 283. The van der Waals surface area contributed by atoms with Crippen molar-refractivity contribution < 1.29 is 4.74 Å². The molecule has 1 aromatic heterocycles. The molecule has 0 spiro atoms. The highest BCUT2D eigenvalue weighted by Crippen LogP contribution is 2.22. The van der Waals surface area contributed by atoms with Crippen molar-refractivity contribution in [2.75, 3.05) is 13.2 Å². The number of nitrogens with one attached hydrogen (secondary N) is 1. The van der Waals surface area contributed by atoms with Crippen LogP contribution in [0.2, 0.25) is 5.02 Å². The molecule has 2 heterocycles. The van der Waals surface area contributed by atoms with Crippen molar-refractivity contribution in [3.05, 3.63) is 21.3 Å². The van der Waals surface area contributed by atoms with Crippen molar-refractivity contribution in [1.29, 1.82) is 0 Å². The van der Waals surface area contributed by atoms with E-state index in [9.17, 15) is 0 Å². The summed E-state index contributed by atoms with van der Waals surface area (Å²) in [7, 11) is 0. The second-order valence-electron chi connectivity index (χ2n) is 3.49. The Kier molecular flexibility index (Phi) is 3.81. The molecule has 0 amide bonds. The lowest BCUT2D eigenvalue weighted by Crippen LogP contribution is -2.36. The Morgan fingerprint density at radius 2 is 2.57 bits per heavy atom. The fourth-order valence-electron chi connectivity index (χ4n) is 1.59. The molecule has 1 aromatic rings. The van der Waals surface area contributed by atoms with Gasteiger partial charge >= 0.3 is 0 Å². The van der Waals surface area contributed by atoms with E-state index in [0.29, 0.717) is 6.04 Å². The van der Waals surface area contributed by atoms with Gasteiger partial charge in [-0.3, -0.25) is 0 Å². The predicted molar refractivity (Wildman–Crippen MR) is 60.0 cm³/mol. The molecule has 1 aliphatic heterocycles. The van der Waals surface area contributed by atoms with Gasteiger partial charge in [0.1, 0.15) is 0 Å². The molecule has 0 bridgehead atoms. The molecule has 0 unspecified atom stereocenters. The van der Waals surface area contributed by atoms with Crippen LogP contribution in [0.4, 0.5) is 0 Å². The molecule has 1 fully saturated rings. The van der Waals surface area contributed by atoms with E-state index in [2.05, 4.69) is 5.32 Å². The van der Waals surface area contributed by atoms with Crippen LogP contribution in [0.1, 0.15) is 17.7 Å². The van der Waals surface area contributed by atoms with E-state index in [1.807, 2.05) is 11.4 Å². The van der Waals surface area contributed by atoms with Crippen LogP contribution in [0.15, 0.2) is 11.4 Å². The fraction of sp³-hybridized carbons (Fsp3) is 0.600. The lowest BCUT2D eigenvalue weighted by molar-refractivity contribution is 0.0700. The van der Waals surface area contributed by atoms with Gasteiger partial charge in [-0.1, -0.05) is 11.6 Å². The highest BCUT2D eigenvalue weighted by atomic mass is 35.5. The van der Waals surface area contributed by atoms with Gasteiger partial charge in [-0.2, -0.15) is 0 Å². The Morgan fingerprint density at radius 3 is 3.21 bits per heavy atom. The molecule has 4 heteroatoms. The van der Waals surface area contributed by atoms with Gasteiger partial charge in [0.05, 0.1) is 11.6 Å². The van der Waals surface area contributed by atoms with Gasteiger partial charge in [0.15, 0.2) is 0 Å². The van der Waals surface area contributed by atoms with E-state index in [1.54, 1.807) is 11.3 Å². The molecule has 2 rings (SSSR count). The topological polar surface area (TPSA) is 21.3 Å². The molecule has 1 saturated heterocycles. The summed E-state index contributed by atoms with van der Waals surface area (Å²) in [5.41, 5.74) is 0. The smallest absolute Gasteiger partial charge is 0.0619 e. The molecule has 0 radical (unpaired) electrons. The Morgan fingerprint density at radius 1 is 1.64 bits per heavy atom. The summed E-state index contributed by atoms with van der Waals surface area (Å²) in [6, 6.07) is 2.45. The number of thiophene rings is 1. The zero-order valence-corrected chi connectivity index (χ0v) is 9.53. The van der Waals surface area contributed by atoms with Crippen molar-refractivity contribution in [3.63, 3.8) is 0 Å². The third-order valence-electron chi connectivity index (χ3n) is 2.40. The molecule has 0 aliphatic carbocycles. The molecule has 1 aliphatic rings. The first-order valence-electron chi connectivity index (χ1n) is 4.89. The van der Waals surface area contributed by atoms with E-state index in [-0.39, 0.29) is 0 Å². The molecular formula is C10H14ClNOS. The quantitative estimate of drug-likeness (QED) is 0.864. The van der Waals surface area contributed by atoms with E-state index >= 15 is 0 Å². The number of hydrogen-bond acceptors (Lipinski definition) is 3. The number of hydrogen-bond donors (Lipinski definition) is 1. The van der Waals surface area contributed by atoms with Gasteiger partial charge in [0.2, 0.25) is 0 Å². The summed E-state index contributed by atoms with van der Waals surface area (Å²) < 4.78 is 5.39. The van der Waals surface area contributed by atoms with Crippen molar-refractivity contribution in [1.82, 2.24) is 5.32 Å². The van der Waals surface area contributed by atoms with Gasteiger partial charge in [-0.05, 0) is 24.3 Å². The minimum absolute atomic E-state index is 0.502. The monoisotopic (exact) mass is 231 g/mol. The lowest BCUT2D eigenvalue weighted by Gasteiger charge is -2.22. The molecule has 2 nitrogen and oxygen atoms in total. The maximum atomic E-state index is 6.00. The summed E-state index contributed by atoms with van der Waals surface area (Å²) >= 11 is 7.70. The largest absolute Gasteiger partial charge is 0.380 e. The van der Waals surface area contributed by atoms with Gasteiger partial charge in [-0.15, -0.1) is 11.3 Å². The second-order valence-corrected chi connectivity index (χ2v) is 4.89. The van der Waals surface area contributed by atoms with Gasteiger partial charge in [0, 0.05) is 24.1 Å². The third-order valence-corrected chi connectivity index (χ3v) is 3.79. The molecule has 0 aromatic carbocycles. The first kappa shape index (κ1) is 10.4. The molecular weight excluding hydrogens is 218 g/mol. The molecule has 1 atom stereocenters. The van der Waals surface area contributed by atoms with E-state index in [0.717, 1.165) is 31.2 Å². The van der Waals surface area contributed by atoms with E-state index in [1.165, 1.54) is 11.3 Å². The van der Waals surface area contributed by atoms with Crippen LogP contribution in [0.25, 0.3) is 0 Å². The second kappa shape index (κ2) is 5.12. The average Bonchev–Trinajstić information content (AvgIpc) is 2.63. The zero-order valence-electron chi connectivity index (χ0n) is 7.96. The van der Waals surface area contributed by atoms with Crippen LogP contribution < -0.4 is 5.32 Å². The minimum atomic E-state index is 0.502. The van der Waals surface area contributed by atoms with Gasteiger partial charge < -0.3 is 10.1 Å². The van der Waals surface area contributed by atoms with Crippen LogP contribution >= 0.6 is 22.9 Å². The molecule has 1 N–H and O–H groups in total. The lowest BCUT2D eigenvalue weighted by atomic mass is 10.1. The Labute approximate surface area is 93.2 Å². The average molecular weight is 232 g/mol. The number of halogens is 1. The fourth-order valence-corrected chi connectivity index (χ4v) is 2.64. The summed E-state index contributed by atoms with van der Waals surface area (Å²) in [4.78, 5) is 1.22. The van der Waals surface area contributed by atoms with E-state index in [4.69, 9.17) is 16.3 Å². The van der Waals surface area contributed by atoms with Crippen LogP contribution in [-0.4, -0.2) is 19.3 Å². The van der Waals surface area contributed by atoms with Crippen molar-refractivity contribution in [2.24, 2.45) is 0 Å². The normalized spacial score (nSPS) is 22.5. The summed E-state index contributed by atoms with van der Waals surface area (Å²) in [5, 5.41) is 6.36. The minimum Gasteiger partial charge on any atom is -0.380 e. The maximum Gasteiger partial charge on any atom is 0.0619 e. The maximum absolute atomic E-state index is 6.00. The molecule has 78 valence electrons. The first-order chi connectivity index (χ1) is 6.86. The number of ether oxygens (including phenoxy) is 1. The highest BCUT2D eigenvalue weighted by Gasteiger charge is 2.13. The standard InChI is InChI=1S/C10H14ClNOS/c11-9-3-5-14-10(9)6-12-8-2-1-4-13-7-8/h3,5,8,12H,1-2,4,6-7H2/t8-/m0/s1. The SMILES string of the molecule is Clc1ccsc1CN[C@H]1CCCOC1. The third kappa shape index (κ3) is 2.70. The predicted octanol–water partition coefficient (Wildman–Crippen LogP) is 2.67. The van der Waals surface area contributed by atoms with Crippen LogP contribution in [0, 0.1) is 0 Å². The van der Waals surface area contributed by atoms with Crippen molar-refractivity contribution >= 4 is 22.9 Å². The van der Waals surface area contributed by atoms with Crippen LogP contribution in [0.5, 0.6) is 0 Å². The highest BCUT2D eigenvalue weighted by molar-refractivity contribution is 7.10.